The molecule has 10 heteroatoms. The van der Waals surface area contributed by atoms with Gasteiger partial charge in [0, 0.05) is 17.5 Å². The Kier molecular flexibility index (Phi) is 6.04. The number of fused-ring (bicyclic) bond motifs is 1. The molecule has 0 saturated carbocycles. The first-order chi connectivity index (χ1) is 13.9. The monoisotopic (exact) mass is 384 g/mol. The summed E-state index contributed by atoms with van der Waals surface area (Å²) in [6, 6.07) is 8.52. The Morgan fingerprint density at radius 2 is 1.38 bits per heavy atom. The van der Waals surface area contributed by atoms with E-state index in [9.17, 15) is 39.7 Å². The van der Waals surface area contributed by atoms with E-state index < -0.39 is 30.5 Å². The summed E-state index contributed by atoms with van der Waals surface area (Å²) < 4.78 is 24.7. The third-order valence-corrected chi connectivity index (χ3v) is 4.29. The number of nitrogens with one attached hydrogen (secondary N) is 1. The number of carbonyl (C=O) groups excluding carboxylic acids is 1. The van der Waals surface area contributed by atoms with E-state index in [-0.39, 0.29) is 51.8 Å². The van der Waals surface area contributed by atoms with Crippen molar-refractivity contribution in [3.8, 4) is 30.3 Å². The van der Waals surface area contributed by atoms with Crippen LogP contribution < -0.4 is 0 Å². The molecule has 0 fully saturated rings. The van der Waals surface area contributed by atoms with Crippen LogP contribution >= 0.6 is 0 Å². The van der Waals surface area contributed by atoms with Gasteiger partial charge in [-0.1, -0.05) is 0 Å². The number of Topliss-reactive ketones (excluding diaryl/α,β-unsaturated/α-hetero) is 1. The molecule has 29 heavy (non-hydrogen) atoms. The molecule has 2 rings (SSSR count). The Hall–Kier alpha value is -4.55. The number of rotatable bonds is 5. The average molecular weight is 384 g/mol. The smallest absolute Gasteiger partial charge is 0.294 e. The number of allylic oxidation sites excluding steroid dienone is 3. The van der Waals surface area contributed by atoms with Gasteiger partial charge in [0.1, 0.15) is 30.3 Å². The molecule has 0 aliphatic heterocycles. The van der Waals surface area contributed by atoms with Gasteiger partial charge < -0.3 is 0 Å². The summed E-state index contributed by atoms with van der Waals surface area (Å²) >= 11 is 0. The van der Waals surface area contributed by atoms with Crippen LogP contribution in [-0.4, -0.2) is 18.9 Å². The Balaban J connectivity index is 2.89. The number of nitrogens with zero attached hydrogens (tertiary/aromatic N) is 5. The van der Waals surface area contributed by atoms with Gasteiger partial charge in [0.05, 0.1) is 39.0 Å². The summed E-state index contributed by atoms with van der Waals surface area (Å²) in [5.41, 5.74) is -2.93. The molecule has 1 N–H and O–H groups in total. The first kappa shape index (κ1) is 20.8. The van der Waals surface area contributed by atoms with Gasteiger partial charge in [-0.2, -0.15) is 26.3 Å². The van der Waals surface area contributed by atoms with E-state index >= 15 is 0 Å². The number of benzene rings is 1. The molecule has 0 bridgehead atoms. The molecule has 1 aliphatic rings. The molecular formula is C19H7BF2N6O. The number of halogens is 2. The van der Waals surface area contributed by atoms with Crippen molar-refractivity contribution in [2.45, 2.75) is 19.2 Å². The lowest BCUT2D eigenvalue weighted by atomic mass is 9.86. The maximum Gasteiger partial charge on any atom is 0.538 e. The van der Waals surface area contributed by atoms with Gasteiger partial charge >= 0.3 is 7.27 Å². The van der Waals surface area contributed by atoms with Crippen LogP contribution in [0.3, 0.4) is 0 Å². The minimum atomic E-state index is -2.61. The van der Waals surface area contributed by atoms with Gasteiger partial charge in [0.2, 0.25) is 0 Å². The van der Waals surface area contributed by atoms with Gasteiger partial charge in [-0.15, -0.1) is 0 Å². The molecule has 136 valence electrons. The second-order valence-electron chi connectivity index (χ2n) is 5.77. The van der Waals surface area contributed by atoms with E-state index in [1.807, 2.05) is 5.87 Å². The minimum Gasteiger partial charge on any atom is -0.294 e. The largest absolute Gasteiger partial charge is 0.538 e. The summed E-state index contributed by atoms with van der Waals surface area (Å²) in [6.45, 7) is 0. The van der Waals surface area contributed by atoms with Crippen molar-refractivity contribution in [2.75, 3.05) is 0 Å². The van der Waals surface area contributed by atoms with E-state index in [0.29, 0.717) is 0 Å². The molecule has 0 atom stereocenters. The summed E-state index contributed by atoms with van der Waals surface area (Å²) in [7, 11) is -2.61. The third-order valence-electron chi connectivity index (χ3n) is 4.29. The molecule has 0 unspecified atom stereocenters. The first-order valence-electron chi connectivity index (χ1n) is 8.02. The third kappa shape index (κ3) is 3.27. The fraction of sp³-hybridized carbons (Fsp3) is 0.158. The second-order valence-corrected chi connectivity index (χ2v) is 5.77. The molecular weight excluding hydrogens is 377 g/mol. The first-order valence-corrected chi connectivity index (χ1v) is 8.02. The Bertz CT molecular complexity index is 1240. The normalized spacial score (nSPS) is 11.3. The zero-order chi connectivity index (χ0) is 21.7. The molecule has 7 nitrogen and oxygen atoms in total. The van der Waals surface area contributed by atoms with Gasteiger partial charge in [-0.25, -0.2) is 0 Å². The maximum absolute atomic E-state index is 12.6. The Labute approximate surface area is 164 Å². The van der Waals surface area contributed by atoms with E-state index in [2.05, 4.69) is 0 Å². The Morgan fingerprint density at radius 1 is 0.862 bits per heavy atom. The number of ketones is 1. The minimum absolute atomic E-state index is 0.177. The van der Waals surface area contributed by atoms with E-state index in [4.69, 9.17) is 5.41 Å². The van der Waals surface area contributed by atoms with Crippen LogP contribution in [0.15, 0.2) is 5.57 Å². The Morgan fingerprint density at radius 3 is 1.79 bits per heavy atom. The zero-order valence-corrected chi connectivity index (χ0v) is 14.6. The number of hydrogen-bond acceptors (Lipinski definition) is 7. The van der Waals surface area contributed by atoms with Crippen molar-refractivity contribution in [1.29, 1.82) is 31.7 Å². The maximum atomic E-state index is 12.6. The SMILES string of the molecule is N#CC1=C(C(=O)CCCB(F)F)C(=C=N)c2c(C#N)c(C#N)c(C#N)c(C#N)c21. The van der Waals surface area contributed by atoms with Crippen molar-refractivity contribution in [1.82, 2.24) is 0 Å². The molecule has 0 saturated heterocycles. The van der Waals surface area contributed by atoms with Crippen molar-refractivity contribution < 1.29 is 13.4 Å². The second kappa shape index (κ2) is 8.43. The van der Waals surface area contributed by atoms with E-state index in [1.165, 1.54) is 0 Å². The lowest BCUT2D eigenvalue weighted by molar-refractivity contribution is -0.115. The number of nitriles is 5. The summed E-state index contributed by atoms with van der Waals surface area (Å²) in [4.78, 5) is 12.6. The van der Waals surface area contributed by atoms with Crippen LogP contribution in [-0.2, 0) is 4.79 Å². The highest BCUT2D eigenvalue weighted by Crippen LogP contribution is 2.46. The molecule has 0 heterocycles. The van der Waals surface area contributed by atoms with Crippen molar-refractivity contribution >= 4 is 30.1 Å². The van der Waals surface area contributed by atoms with E-state index in [1.54, 1.807) is 30.3 Å². The molecule has 1 aromatic carbocycles. The fourth-order valence-corrected chi connectivity index (χ4v) is 3.13. The number of carbonyl (C=O) groups is 1. The molecule has 0 spiro atoms. The highest BCUT2D eigenvalue weighted by molar-refractivity contribution is 6.42. The summed E-state index contributed by atoms with van der Waals surface area (Å²) in [6.07, 6.45) is -1.07. The van der Waals surface area contributed by atoms with Gasteiger partial charge in [0.15, 0.2) is 5.78 Å². The van der Waals surface area contributed by atoms with Gasteiger partial charge in [-0.05, 0) is 18.6 Å². The molecule has 0 aromatic heterocycles. The fourth-order valence-electron chi connectivity index (χ4n) is 3.13. The standard InChI is InChI=1S/C19H7BF2N6O/c21-20(22)3-1-2-16(29)17-14(8-27)18-12(6-25)10(4-23)11(5-24)13(7-26)19(18)15(17)9-28/h27H,1-3H2. The zero-order valence-electron chi connectivity index (χ0n) is 14.6. The van der Waals surface area contributed by atoms with Crippen molar-refractivity contribution in [2.24, 2.45) is 0 Å². The quantitative estimate of drug-likeness (QED) is 0.607. The molecule has 0 radical (unpaired) electrons. The molecule has 1 aliphatic carbocycles. The van der Waals surface area contributed by atoms with Crippen molar-refractivity contribution in [3.05, 3.63) is 39.0 Å². The van der Waals surface area contributed by atoms with Crippen molar-refractivity contribution in [3.63, 3.8) is 0 Å². The van der Waals surface area contributed by atoms with Crippen LogP contribution in [0.25, 0.3) is 11.1 Å². The van der Waals surface area contributed by atoms with Crippen LogP contribution in [0.5, 0.6) is 0 Å². The van der Waals surface area contributed by atoms with Crippen LogP contribution in [0, 0.1) is 62.1 Å². The van der Waals surface area contributed by atoms with Crippen LogP contribution in [0.2, 0.25) is 6.32 Å². The summed E-state index contributed by atoms with van der Waals surface area (Å²) in [5, 5.41) is 55.0. The van der Waals surface area contributed by atoms with Gasteiger partial charge in [0.25, 0.3) is 0 Å². The van der Waals surface area contributed by atoms with Gasteiger partial charge in [-0.3, -0.25) is 18.8 Å². The highest BCUT2D eigenvalue weighted by Gasteiger charge is 2.38. The average Bonchev–Trinajstić information content (AvgIpc) is 3.05. The van der Waals surface area contributed by atoms with Crippen LogP contribution in [0.4, 0.5) is 8.63 Å². The topological polar surface area (TPSA) is 160 Å². The predicted molar refractivity (Wildman–Crippen MR) is 96.0 cm³/mol. The number of hydrogen-bond donors (Lipinski definition) is 1. The predicted octanol–water partition coefficient (Wildman–Crippen LogP) is 2.87. The summed E-state index contributed by atoms with van der Waals surface area (Å²) in [5.74, 6) is 1.23. The molecule has 0 amide bonds. The lowest BCUT2D eigenvalue weighted by Gasteiger charge is -2.10. The lowest BCUT2D eigenvalue weighted by Crippen LogP contribution is -2.06. The highest BCUT2D eigenvalue weighted by atomic mass is 19.2. The molecule has 1 aromatic rings. The van der Waals surface area contributed by atoms with Crippen LogP contribution in [0.1, 0.15) is 46.2 Å². The van der Waals surface area contributed by atoms with E-state index in [0.717, 1.165) is 0 Å².